The molecular formula is C17H22ClN5O2. The summed E-state index contributed by atoms with van der Waals surface area (Å²) in [4.78, 5) is 26.0. The number of nitrogens with one attached hydrogen (secondary N) is 3. The van der Waals surface area contributed by atoms with Gasteiger partial charge in [-0.3, -0.25) is 15.2 Å². The number of carbonyl (C=O) groups excluding carboxylic acids is 2. The Morgan fingerprint density at radius 3 is 2.88 bits per heavy atom. The number of halogens is 1. The Kier molecular flexibility index (Phi) is 4.85. The highest BCUT2D eigenvalue weighted by Gasteiger charge is 2.27. The van der Waals surface area contributed by atoms with Gasteiger partial charge in [0, 0.05) is 42.2 Å². The molecule has 3 N–H and O–H groups in total. The highest BCUT2D eigenvalue weighted by atomic mass is 35.5. The number of anilines is 1. The van der Waals surface area contributed by atoms with Gasteiger partial charge in [-0.2, -0.15) is 5.10 Å². The zero-order valence-corrected chi connectivity index (χ0v) is 15.1. The van der Waals surface area contributed by atoms with E-state index >= 15 is 0 Å². The highest BCUT2D eigenvalue weighted by Crippen LogP contribution is 2.33. The largest absolute Gasteiger partial charge is 0.370 e. The van der Waals surface area contributed by atoms with Crippen molar-refractivity contribution in [2.75, 3.05) is 24.5 Å². The van der Waals surface area contributed by atoms with Gasteiger partial charge in [0.1, 0.15) is 0 Å². The van der Waals surface area contributed by atoms with Crippen LogP contribution in [0.15, 0.2) is 18.3 Å². The molecule has 3 rings (SSSR count). The molecule has 1 fully saturated rings. The van der Waals surface area contributed by atoms with Crippen molar-refractivity contribution in [1.29, 1.82) is 0 Å². The van der Waals surface area contributed by atoms with Crippen LogP contribution < -0.4 is 15.5 Å². The molecule has 1 aliphatic heterocycles. The van der Waals surface area contributed by atoms with Crippen molar-refractivity contribution in [1.82, 2.24) is 20.8 Å². The van der Waals surface area contributed by atoms with Gasteiger partial charge in [-0.15, -0.1) is 0 Å². The molecule has 2 aromatic rings. The lowest BCUT2D eigenvalue weighted by Crippen LogP contribution is -2.41. The molecule has 2 heterocycles. The van der Waals surface area contributed by atoms with E-state index in [2.05, 4.69) is 25.7 Å². The van der Waals surface area contributed by atoms with E-state index < -0.39 is 6.03 Å². The van der Waals surface area contributed by atoms with Crippen LogP contribution in [-0.4, -0.2) is 41.8 Å². The number of imide groups is 1. The number of H-pyrrole nitrogens is 1. The van der Waals surface area contributed by atoms with Gasteiger partial charge in [0.2, 0.25) is 5.91 Å². The summed E-state index contributed by atoms with van der Waals surface area (Å²) in [5, 5.41) is 13.8. The van der Waals surface area contributed by atoms with Gasteiger partial charge in [-0.25, -0.2) is 4.79 Å². The van der Waals surface area contributed by atoms with Crippen LogP contribution in [0.1, 0.15) is 26.7 Å². The molecule has 0 aliphatic carbocycles. The topological polar surface area (TPSA) is 90.1 Å². The summed E-state index contributed by atoms with van der Waals surface area (Å²) in [6, 6.07) is 3.33. The average Bonchev–Trinajstić information content (AvgIpc) is 2.95. The Morgan fingerprint density at radius 1 is 1.28 bits per heavy atom. The SMILES string of the molecule is CC1(C)CC(=O)NC(=O)NCCCN(c2cc(Cl)cc3[nH]ncc23)C1. The number of fused-ring (bicyclic) bond motifs is 1. The molecule has 0 unspecified atom stereocenters. The maximum absolute atomic E-state index is 12.1. The van der Waals surface area contributed by atoms with Gasteiger partial charge in [0.25, 0.3) is 0 Å². The number of hydrogen-bond acceptors (Lipinski definition) is 4. The van der Waals surface area contributed by atoms with Crippen LogP contribution in [0.5, 0.6) is 0 Å². The number of carbonyl (C=O) groups is 2. The summed E-state index contributed by atoms with van der Waals surface area (Å²) in [7, 11) is 0. The minimum Gasteiger partial charge on any atom is -0.370 e. The Bertz CT molecular complexity index is 801. The summed E-state index contributed by atoms with van der Waals surface area (Å²) in [6.45, 7) is 5.93. The van der Waals surface area contributed by atoms with Crippen LogP contribution in [0, 0.1) is 5.41 Å². The molecule has 7 nitrogen and oxygen atoms in total. The number of nitrogens with zero attached hydrogens (tertiary/aromatic N) is 2. The molecule has 134 valence electrons. The first-order valence-electron chi connectivity index (χ1n) is 8.29. The van der Waals surface area contributed by atoms with E-state index in [0.29, 0.717) is 18.1 Å². The van der Waals surface area contributed by atoms with Crippen LogP contribution in [0.3, 0.4) is 0 Å². The standard InChI is InChI=1S/C17H22ClN5O2/c1-17(2)8-15(24)21-16(25)19-4-3-5-23(10-17)14-7-11(18)6-13-12(14)9-20-22-13/h6-7,9H,3-5,8,10H2,1-2H3,(H,20,22)(H2,19,21,24,25). The minimum atomic E-state index is -0.436. The highest BCUT2D eigenvalue weighted by molar-refractivity contribution is 6.31. The lowest BCUT2D eigenvalue weighted by molar-refractivity contribution is -0.121. The molecule has 25 heavy (non-hydrogen) atoms. The van der Waals surface area contributed by atoms with Gasteiger partial charge in [-0.1, -0.05) is 25.4 Å². The molecule has 1 saturated heterocycles. The van der Waals surface area contributed by atoms with Crippen LogP contribution in [0.25, 0.3) is 10.9 Å². The maximum Gasteiger partial charge on any atom is 0.321 e. The monoisotopic (exact) mass is 363 g/mol. The molecule has 0 bridgehead atoms. The van der Waals surface area contributed by atoms with E-state index in [1.807, 2.05) is 26.0 Å². The van der Waals surface area contributed by atoms with E-state index in [1.165, 1.54) is 0 Å². The normalized spacial score (nSPS) is 19.2. The molecule has 1 aliphatic rings. The number of urea groups is 1. The summed E-state index contributed by atoms with van der Waals surface area (Å²) in [5.41, 5.74) is 1.54. The van der Waals surface area contributed by atoms with Crippen molar-refractivity contribution < 1.29 is 9.59 Å². The number of aromatic nitrogens is 2. The third-order valence-electron chi connectivity index (χ3n) is 4.24. The van der Waals surface area contributed by atoms with Crippen LogP contribution in [0.2, 0.25) is 5.02 Å². The zero-order valence-electron chi connectivity index (χ0n) is 14.4. The van der Waals surface area contributed by atoms with Crippen LogP contribution in [-0.2, 0) is 4.79 Å². The summed E-state index contributed by atoms with van der Waals surface area (Å²) in [6.07, 6.45) is 2.79. The van der Waals surface area contributed by atoms with Crippen molar-refractivity contribution in [3.05, 3.63) is 23.4 Å². The Hall–Kier alpha value is -2.28. The van der Waals surface area contributed by atoms with E-state index in [0.717, 1.165) is 29.6 Å². The molecule has 3 amide bonds. The first-order chi connectivity index (χ1) is 11.8. The zero-order chi connectivity index (χ0) is 18.0. The molecule has 1 aromatic heterocycles. The molecule has 1 aromatic carbocycles. The Labute approximate surface area is 151 Å². The minimum absolute atomic E-state index is 0.256. The van der Waals surface area contributed by atoms with E-state index in [9.17, 15) is 9.59 Å². The van der Waals surface area contributed by atoms with Gasteiger partial charge >= 0.3 is 6.03 Å². The van der Waals surface area contributed by atoms with Crippen LogP contribution >= 0.6 is 11.6 Å². The predicted octanol–water partition coefficient (Wildman–Crippen LogP) is 2.67. The summed E-state index contributed by atoms with van der Waals surface area (Å²) in [5.74, 6) is -0.274. The van der Waals surface area contributed by atoms with Crippen LogP contribution in [0.4, 0.5) is 10.5 Å². The Morgan fingerprint density at radius 2 is 2.08 bits per heavy atom. The fourth-order valence-electron chi connectivity index (χ4n) is 3.24. The fraction of sp³-hybridized carbons (Fsp3) is 0.471. The fourth-order valence-corrected chi connectivity index (χ4v) is 3.45. The molecule has 0 saturated carbocycles. The van der Waals surface area contributed by atoms with Gasteiger partial charge in [0.05, 0.1) is 11.7 Å². The predicted molar refractivity (Wildman–Crippen MR) is 97.9 cm³/mol. The number of benzene rings is 1. The average molecular weight is 364 g/mol. The summed E-state index contributed by atoms with van der Waals surface area (Å²) >= 11 is 6.28. The van der Waals surface area contributed by atoms with Gasteiger partial charge in [0.15, 0.2) is 0 Å². The van der Waals surface area contributed by atoms with Gasteiger partial charge in [-0.05, 0) is 24.0 Å². The quantitative estimate of drug-likeness (QED) is 0.726. The van der Waals surface area contributed by atoms with Crippen molar-refractivity contribution in [2.24, 2.45) is 5.41 Å². The van der Waals surface area contributed by atoms with E-state index in [4.69, 9.17) is 11.6 Å². The molecule has 8 heteroatoms. The molecule has 0 spiro atoms. The Balaban J connectivity index is 1.95. The number of aromatic amines is 1. The first-order valence-corrected chi connectivity index (χ1v) is 8.67. The van der Waals surface area contributed by atoms with Gasteiger partial charge < -0.3 is 10.2 Å². The number of rotatable bonds is 1. The molecular weight excluding hydrogens is 342 g/mol. The second-order valence-electron chi connectivity index (χ2n) is 7.18. The first kappa shape index (κ1) is 17.5. The van der Waals surface area contributed by atoms with Crippen molar-refractivity contribution >= 4 is 40.1 Å². The number of hydrogen-bond donors (Lipinski definition) is 3. The number of amides is 3. The lowest BCUT2D eigenvalue weighted by Gasteiger charge is -2.34. The molecule has 0 radical (unpaired) electrons. The van der Waals surface area contributed by atoms with Crippen molar-refractivity contribution in [3.8, 4) is 0 Å². The molecule has 0 atom stereocenters. The second kappa shape index (κ2) is 6.92. The summed E-state index contributed by atoms with van der Waals surface area (Å²) < 4.78 is 0. The maximum atomic E-state index is 12.1. The van der Waals surface area contributed by atoms with Crippen molar-refractivity contribution in [3.63, 3.8) is 0 Å². The third kappa shape index (κ3) is 4.22. The third-order valence-corrected chi connectivity index (χ3v) is 4.46. The second-order valence-corrected chi connectivity index (χ2v) is 7.61. The van der Waals surface area contributed by atoms with E-state index in [-0.39, 0.29) is 17.7 Å². The lowest BCUT2D eigenvalue weighted by atomic mass is 9.88. The van der Waals surface area contributed by atoms with Crippen molar-refractivity contribution in [2.45, 2.75) is 26.7 Å². The smallest absolute Gasteiger partial charge is 0.321 e. The van der Waals surface area contributed by atoms with E-state index in [1.54, 1.807) is 6.20 Å².